The van der Waals surface area contributed by atoms with Gasteiger partial charge in [-0.1, -0.05) is 0 Å². The van der Waals surface area contributed by atoms with Crippen LogP contribution < -0.4 is 16.4 Å². The van der Waals surface area contributed by atoms with Gasteiger partial charge in [-0.05, 0) is 18.4 Å². The molecule has 0 saturated heterocycles. The number of hydrogen-bond acceptors (Lipinski definition) is 9. The Kier molecular flexibility index (Phi) is 4.66. The van der Waals surface area contributed by atoms with Gasteiger partial charge in [0.25, 0.3) is 0 Å². The third-order valence-electron chi connectivity index (χ3n) is 4.34. The molecule has 30 heavy (non-hydrogen) atoms. The van der Waals surface area contributed by atoms with Crippen molar-refractivity contribution in [3.05, 3.63) is 41.2 Å². The summed E-state index contributed by atoms with van der Waals surface area (Å²) >= 11 is 1.05. The number of hydrogen-bond donors (Lipinski definition) is 2. The highest BCUT2D eigenvalue weighted by atomic mass is 32.1. The fraction of sp³-hybridized carbons (Fsp3) is 0.118. The number of amides is 1. The lowest BCUT2D eigenvalue weighted by Crippen LogP contribution is -2.29. The van der Waals surface area contributed by atoms with Gasteiger partial charge in [0.05, 0.1) is 18.7 Å². The number of methoxy groups -OCH3 is 1. The molecule has 4 aromatic heterocycles. The largest absolute Gasteiger partial charge is 0.452 e. The topological polar surface area (TPSA) is 138 Å². The first-order valence-corrected chi connectivity index (χ1v) is 9.24. The van der Waals surface area contributed by atoms with Crippen molar-refractivity contribution in [3.8, 4) is 5.00 Å². The summed E-state index contributed by atoms with van der Waals surface area (Å²) in [6, 6.07) is 1.25. The Hall–Kier alpha value is -3.87. The summed E-state index contributed by atoms with van der Waals surface area (Å²) in [5.41, 5.74) is 12.0. The molecular formula is C17H14F2N8O2S. The van der Waals surface area contributed by atoms with E-state index < -0.39 is 17.7 Å². The van der Waals surface area contributed by atoms with Crippen LogP contribution in [0.15, 0.2) is 24.0 Å². The molecule has 0 radical (unpaired) electrons. The maximum atomic E-state index is 14.4. The van der Waals surface area contributed by atoms with Crippen LogP contribution in [0.25, 0.3) is 16.0 Å². The van der Waals surface area contributed by atoms with Crippen molar-refractivity contribution in [1.82, 2.24) is 24.7 Å². The second-order valence-corrected chi connectivity index (χ2v) is 6.93. The maximum Gasteiger partial charge on any atom is 0.420 e. The van der Waals surface area contributed by atoms with Gasteiger partial charge in [0, 0.05) is 5.56 Å². The summed E-state index contributed by atoms with van der Waals surface area (Å²) in [6.07, 6.45) is 1.17. The SMILES string of the molecule is COC(=O)N(c1c(N)ncnc1N)c1nn(-c2sccc2F)c2ncc(F)c(C)c12. The number of fused-ring (bicyclic) bond motifs is 1. The average molecular weight is 432 g/mol. The Balaban J connectivity index is 2.11. The van der Waals surface area contributed by atoms with Gasteiger partial charge in [0.15, 0.2) is 33.9 Å². The molecule has 0 bridgehead atoms. The molecule has 0 aliphatic carbocycles. The minimum Gasteiger partial charge on any atom is -0.452 e. The van der Waals surface area contributed by atoms with Crippen molar-refractivity contribution >= 4 is 51.6 Å². The zero-order valence-corrected chi connectivity index (χ0v) is 16.4. The van der Waals surface area contributed by atoms with Crippen LogP contribution in [0.3, 0.4) is 0 Å². The predicted octanol–water partition coefficient (Wildman–Crippen LogP) is 2.93. The highest BCUT2D eigenvalue weighted by Gasteiger charge is 2.32. The number of nitrogen functional groups attached to an aromatic ring is 2. The number of halogens is 2. The monoisotopic (exact) mass is 432 g/mol. The first-order chi connectivity index (χ1) is 14.3. The normalized spacial score (nSPS) is 11.1. The molecule has 1 amide bonds. The van der Waals surface area contributed by atoms with E-state index in [4.69, 9.17) is 16.2 Å². The molecule has 0 aromatic carbocycles. The predicted molar refractivity (Wildman–Crippen MR) is 107 cm³/mol. The van der Waals surface area contributed by atoms with Gasteiger partial charge in [-0.3, -0.25) is 0 Å². The summed E-state index contributed by atoms with van der Waals surface area (Å²) in [5.74, 6) is -1.61. The third-order valence-corrected chi connectivity index (χ3v) is 5.20. The van der Waals surface area contributed by atoms with E-state index in [0.29, 0.717) is 0 Å². The van der Waals surface area contributed by atoms with E-state index in [2.05, 4.69) is 20.1 Å². The Labute approximate surface area is 171 Å². The van der Waals surface area contributed by atoms with Crippen LogP contribution in [0.4, 0.5) is 36.7 Å². The van der Waals surface area contributed by atoms with E-state index in [0.717, 1.165) is 35.9 Å². The maximum absolute atomic E-state index is 14.4. The van der Waals surface area contributed by atoms with Crippen LogP contribution in [0, 0.1) is 18.6 Å². The number of anilines is 4. The van der Waals surface area contributed by atoms with Crippen LogP contribution in [-0.4, -0.2) is 37.9 Å². The van der Waals surface area contributed by atoms with Crippen molar-refractivity contribution in [1.29, 1.82) is 0 Å². The molecule has 0 aliphatic rings. The number of rotatable bonds is 3. The van der Waals surface area contributed by atoms with Crippen molar-refractivity contribution in [3.63, 3.8) is 0 Å². The molecule has 0 spiro atoms. The van der Waals surface area contributed by atoms with Crippen LogP contribution in [0.1, 0.15) is 5.56 Å². The number of pyridine rings is 1. The van der Waals surface area contributed by atoms with Crippen molar-refractivity contribution in [2.75, 3.05) is 23.5 Å². The quantitative estimate of drug-likeness (QED) is 0.504. The molecule has 0 atom stereocenters. The van der Waals surface area contributed by atoms with E-state index >= 15 is 0 Å². The van der Waals surface area contributed by atoms with Crippen LogP contribution in [0.5, 0.6) is 0 Å². The Morgan fingerprint density at radius 3 is 2.50 bits per heavy atom. The molecule has 0 aliphatic heterocycles. The van der Waals surface area contributed by atoms with E-state index in [9.17, 15) is 13.6 Å². The second-order valence-electron chi connectivity index (χ2n) is 6.04. The first-order valence-electron chi connectivity index (χ1n) is 8.36. The lowest BCUT2D eigenvalue weighted by Gasteiger charge is -2.21. The van der Waals surface area contributed by atoms with Gasteiger partial charge in [-0.25, -0.2) is 33.4 Å². The van der Waals surface area contributed by atoms with Gasteiger partial charge in [0.2, 0.25) is 0 Å². The standard InChI is InChI=1S/C17H14F2N8O2S/c1-7-9(19)5-22-14-10(7)15(25-27(14)16-8(18)3-4-30-16)26(17(28)29-2)11-12(20)23-6-24-13(11)21/h3-6H,1-2H3,(H4,20,21,23,24). The van der Waals surface area contributed by atoms with Gasteiger partial charge in [-0.15, -0.1) is 16.4 Å². The number of aryl methyl sites for hydroxylation is 1. The first kappa shape index (κ1) is 19.4. The highest BCUT2D eigenvalue weighted by molar-refractivity contribution is 7.12. The van der Waals surface area contributed by atoms with E-state index in [1.807, 2.05) is 0 Å². The fourth-order valence-electron chi connectivity index (χ4n) is 2.93. The highest BCUT2D eigenvalue weighted by Crippen LogP contribution is 2.39. The molecule has 4 rings (SSSR count). The number of aromatic nitrogens is 5. The van der Waals surface area contributed by atoms with Crippen molar-refractivity contribution in [2.45, 2.75) is 6.92 Å². The molecule has 10 nitrogen and oxygen atoms in total. The number of nitrogens with zero attached hydrogens (tertiary/aromatic N) is 6. The summed E-state index contributed by atoms with van der Waals surface area (Å²) in [7, 11) is 1.13. The molecule has 4 heterocycles. The fourth-order valence-corrected chi connectivity index (χ4v) is 3.66. The van der Waals surface area contributed by atoms with E-state index in [1.54, 1.807) is 0 Å². The molecule has 0 unspecified atom stereocenters. The lowest BCUT2D eigenvalue weighted by atomic mass is 10.2. The Morgan fingerprint density at radius 2 is 1.90 bits per heavy atom. The minimum atomic E-state index is -0.940. The van der Waals surface area contributed by atoms with E-state index in [1.165, 1.54) is 23.1 Å². The van der Waals surface area contributed by atoms with Crippen LogP contribution in [-0.2, 0) is 4.74 Å². The van der Waals surface area contributed by atoms with Gasteiger partial charge in [0.1, 0.15) is 17.8 Å². The molecule has 4 N–H and O–H groups in total. The molecule has 154 valence electrons. The molecule has 13 heteroatoms. The molecule has 0 fully saturated rings. The number of carbonyl (C=O) groups excluding carboxylic acids is 1. The average Bonchev–Trinajstić information content (AvgIpc) is 3.30. The number of thiophene rings is 1. The number of carbonyl (C=O) groups is 1. The molecular weight excluding hydrogens is 418 g/mol. The third kappa shape index (κ3) is 2.86. The summed E-state index contributed by atoms with van der Waals surface area (Å²) in [4.78, 5) is 25.4. The van der Waals surface area contributed by atoms with Crippen LogP contribution in [0.2, 0.25) is 0 Å². The smallest absolute Gasteiger partial charge is 0.420 e. The summed E-state index contributed by atoms with van der Waals surface area (Å²) in [6.45, 7) is 1.48. The molecule has 0 saturated carbocycles. The zero-order valence-electron chi connectivity index (χ0n) is 15.6. The van der Waals surface area contributed by atoms with Crippen molar-refractivity contribution in [2.24, 2.45) is 0 Å². The lowest BCUT2D eigenvalue weighted by molar-refractivity contribution is 0.181. The van der Waals surface area contributed by atoms with Crippen molar-refractivity contribution < 1.29 is 18.3 Å². The summed E-state index contributed by atoms with van der Waals surface area (Å²) < 4.78 is 34.7. The van der Waals surface area contributed by atoms with E-state index in [-0.39, 0.29) is 44.7 Å². The van der Waals surface area contributed by atoms with Gasteiger partial charge >= 0.3 is 6.09 Å². The van der Waals surface area contributed by atoms with Gasteiger partial charge in [-0.2, -0.15) is 4.68 Å². The minimum absolute atomic E-state index is 0.0971. The Bertz CT molecular complexity index is 1270. The summed E-state index contributed by atoms with van der Waals surface area (Å²) in [5, 5.41) is 6.09. The number of nitrogens with two attached hydrogens (primary N) is 2. The number of ether oxygens (including phenoxy) is 1. The van der Waals surface area contributed by atoms with Gasteiger partial charge < -0.3 is 16.2 Å². The van der Waals surface area contributed by atoms with Crippen LogP contribution >= 0.6 is 11.3 Å². The molecule has 4 aromatic rings. The second kappa shape index (κ2) is 7.18. The zero-order chi connectivity index (χ0) is 21.6. The Morgan fingerprint density at radius 1 is 1.20 bits per heavy atom.